The minimum Gasteiger partial charge on any atom is -0.609 e. The molecule has 1 heterocycles. The minimum absolute atomic E-state index is 0.167. The summed E-state index contributed by atoms with van der Waals surface area (Å²) < 4.78 is 15.5. The molecule has 4 nitrogen and oxygen atoms in total. The van der Waals surface area contributed by atoms with Gasteiger partial charge in [-0.15, -0.1) is 0 Å². The van der Waals surface area contributed by atoms with E-state index >= 15 is 0 Å². The first kappa shape index (κ1) is 8.58. The standard InChI is InChI=1S/C6H9NO3S/c1-11(9)6-3-4(7)2-5(8)10-6/h3-4H,2,7H2,1H3. The van der Waals surface area contributed by atoms with E-state index in [1.54, 1.807) is 0 Å². The number of nitrogens with two attached hydrogens (primary N) is 1. The van der Waals surface area contributed by atoms with Crippen molar-refractivity contribution in [3.63, 3.8) is 0 Å². The number of carbonyl (C=O) groups excluding carboxylic acids is 1. The van der Waals surface area contributed by atoms with Crippen LogP contribution < -0.4 is 5.73 Å². The summed E-state index contributed by atoms with van der Waals surface area (Å²) in [5, 5.41) is 0.175. The summed E-state index contributed by atoms with van der Waals surface area (Å²) >= 11 is -1.26. The molecule has 62 valence electrons. The van der Waals surface area contributed by atoms with Gasteiger partial charge in [-0.05, 0) is 0 Å². The van der Waals surface area contributed by atoms with Crippen molar-refractivity contribution in [2.45, 2.75) is 12.5 Å². The molecule has 2 unspecified atom stereocenters. The highest BCUT2D eigenvalue weighted by molar-refractivity contribution is 7.94. The second-order valence-corrected chi connectivity index (χ2v) is 3.59. The maximum Gasteiger partial charge on any atom is 0.316 e. The van der Waals surface area contributed by atoms with Crippen molar-refractivity contribution >= 4 is 17.1 Å². The van der Waals surface area contributed by atoms with E-state index in [0.717, 1.165) is 0 Å². The van der Waals surface area contributed by atoms with Gasteiger partial charge in [-0.1, -0.05) is 0 Å². The number of cyclic esters (lactones) is 1. The van der Waals surface area contributed by atoms with Gasteiger partial charge >= 0.3 is 11.1 Å². The van der Waals surface area contributed by atoms with Crippen LogP contribution in [0.25, 0.3) is 0 Å². The monoisotopic (exact) mass is 175 g/mol. The molecule has 1 aliphatic heterocycles. The van der Waals surface area contributed by atoms with E-state index in [4.69, 9.17) is 5.73 Å². The topological polar surface area (TPSA) is 75.4 Å². The lowest BCUT2D eigenvalue weighted by atomic mass is 10.2. The van der Waals surface area contributed by atoms with Crippen molar-refractivity contribution in [2.24, 2.45) is 5.73 Å². The molecule has 0 amide bonds. The van der Waals surface area contributed by atoms with E-state index in [1.165, 1.54) is 12.3 Å². The van der Waals surface area contributed by atoms with Gasteiger partial charge in [0.2, 0.25) is 0 Å². The zero-order chi connectivity index (χ0) is 8.43. The van der Waals surface area contributed by atoms with Crippen molar-refractivity contribution in [3.8, 4) is 0 Å². The zero-order valence-corrected chi connectivity index (χ0v) is 6.89. The molecule has 0 aromatic carbocycles. The molecule has 5 heteroatoms. The molecule has 0 aromatic rings. The summed E-state index contributed by atoms with van der Waals surface area (Å²) in [6, 6.07) is -0.352. The fourth-order valence-electron chi connectivity index (χ4n) is 0.769. The predicted octanol–water partition coefficient (Wildman–Crippen LogP) is -0.520. The molecule has 2 atom stereocenters. The van der Waals surface area contributed by atoms with Crippen LogP contribution in [0.5, 0.6) is 0 Å². The van der Waals surface area contributed by atoms with Crippen LogP contribution in [0.1, 0.15) is 6.42 Å². The first-order valence-electron chi connectivity index (χ1n) is 3.11. The summed E-state index contributed by atoms with van der Waals surface area (Å²) in [6.07, 6.45) is 3.12. The summed E-state index contributed by atoms with van der Waals surface area (Å²) in [5.41, 5.74) is 5.44. The van der Waals surface area contributed by atoms with Crippen LogP contribution in [0.4, 0.5) is 0 Å². The molecule has 0 aromatic heterocycles. The van der Waals surface area contributed by atoms with Gasteiger partial charge in [-0.25, -0.2) is 0 Å². The fraction of sp³-hybridized carbons (Fsp3) is 0.500. The molecule has 1 rings (SSSR count). The van der Waals surface area contributed by atoms with Gasteiger partial charge in [-0.3, -0.25) is 4.79 Å². The third-order valence-corrected chi connectivity index (χ3v) is 2.04. The maximum atomic E-state index is 10.8. The number of esters is 1. The van der Waals surface area contributed by atoms with Crippen molar-refractivity contribution in [3.05, 3.63) is 11.2 Å². The first-order chi connectivity index (χ1) is 5.09. The van der Waals surface area contributed by atoms with Gasteiger partial charge in [-0.2, -0.15) is 0 Å². The molecule has 0 radical (unpaired) electrons. The Morgan fingerprint density at radius 3 is 3.00 bits per heavy atom. The normalized spacial score (nSPS) is 27.4. The Hall–Kier alpha value is -0.520. The average molecular weight is 175 g/mol. The van der Waals surface area contributed by atoms with Crippen LogP contribution in [-0.4, -0.2) is 22.8 Å². The molecule has 1 aliphatic rings. The van der Waals surface area contributed by atoms with Gasteiger partial charge in [0.1, 0.15) is 6.26 Å². The van der Waals surface area contributed by atoms with Crippen molar-refractivity contribution in [1.29, 1.82) is 0 Å². The van der Waals surface area contributed by atoms with E-state index in [0.29, 0.717) is 0 Å². The number of hydrogen-bond donors (Lipinski definition) is 1. The van der Waals surface area contributed by atoms with Gasteiger partial charge in [0, 0.05) is 23.3 Å². The minimum atomic E-state index is -1.26. The number of ether oxygens (including phenoxy) is 1. The molecule has 0 spiro atoms. The highest BCUT2D eigenvalue weighted by atomic mass is 32.2. The van der Waals surface area contributed by atoms with Crippen LogP contribution in [0.15, 0.2) is 11.2 Å². The van der Waals surface area contributed by atoms with Crippen LogP contribution in [0.2, 0.25) is 0 Å². The predicted molar refractivity (Wildman–Crippen MR) is 40.8 cm³/mol. The summed E-state index contributed by atoms with van der Waals surface area (Å²) in [6.45, 7) is 0. The van der Waals surface area contributed by atoms with Gasteiger partial charge in [0.15, 0.2) is 0 Å². The molecular formula is C6H9NO3S. The van der Waals surface area contributed by atoms with Crippen molar-refractivity contribution in [2.75, 3.05) is 6.26 Å². The first-order valence-corrected chi connectivity index (χ1v) is 4.67. The van der Waals surface area contributed by atoms with E-state index < -0.39 is 17.1 Å². The average Bonchev–Trinajstić information content (AvgIpc) is 1.85. The molecule has 11 heavy (non-hydrogen) atoms. The Kier molecular flexibility index (Phi) is 2.53. The lowest BCUT2D eigenvalue weighted by Gasteiger charge is -2.16. The lowest BCUT2D eigenvalue weighted by molar-refractivity contribution is -0.139. The smallest absolute Gasteiger partial charge is 0.316 e. The third-order valence-electron chi connectivity index (χ3n) is 1.25. The highest BCUT2D eigenvalue weighted by Gasteiger charge is 2.24. The Labute approximate surface area is 67.6 Å². The Morgan fingerprint density at radius 2 is 2.55 bits per heavy atom. The molecule has 0 bridgehead atoms. The van der Waals surface area contributed by atoms with E-state index in [-0.39, 0.29) is 17.6 Å². The zero-order valence-electron chi connectivity index (χ0n) is 6.07. The third kappa shape index (κ3) is 2.21. The van der Waals surface area contributed by atoms with Gasteiger partial charge in [0.05, 0.1) is 6.42 Å². The fourth-order valence-corrected chi connectivity index (χ4v) is 1.35. The summed E-state index contributed by atoms with van der Waals surface area (Å²) in [5.74, 6) is -0.412. The molecule has 2 N–H and O–H groups in total. The highest BCUT2D eigenvalue weighted by Crippen LogP contribution is 2.15. The number of hydrogen-bond acceptors (Lipinski definition) is 4. The van der Waals surface area contributed by atoms with Gasteiger partial charge < -0.3 is 15.0 Å². The Morgan fingerprint density at radius 1 is 1.91 bits per heavy atom. The number of rotatable bonds is 1. The van der Waals surface area contributed by atoms with E-state index in [9.17, 15) is 9.35 Å². The van der Waals surface area contributed by atoms with E-state index in [1.807, 2.05) is 0 Å². The largest absolute Gasteiger partial charge is 0.609 e. The molecule has 0 saturated heterocycles. The maximum absolute atomic E-state index is 10.8. The Bertz CT molecular complexity index is 202. The van der Waals surface area contributed by atoms with Gasteiger partial charge in [0.25, 0.3) is 0 Å². The lowest BCUT2D eigenvalue weighted by Crippen LogP contribution is -2.29. The second-order valence-electron chi connectivity index (χ2n) is 2.28. The Balaban J connectivity index is 2.72. The molecule has 0 saturated carbocycles. The van der Waals surface area contributed by atoms with Crippen LogP contribution >= 0.6 is 0 Å². The van der Waals surface area contributed by atoms with Crippen molar-refractivity contribution in [1.82, 2.24) is 0 Å². The van der Waals surface area contributed by atoms with Crippen LogP contribution in [0.3, 0.4) is 0 Å². The summed E-state index contributed by atoms with van der Waals surface area (Å²) in [7, 11) is 0. The summed E-state index contributed by atoms with van der Waals surface area (Å²) in [4.78, 5) is 10.7. The second kappa shape index (κ2) is 3.25. The molecule has 0 aliphatic carbocycles. The van der Waals surface area contributed by atoms with Crippen LogP contribution in [-0.2, 0) is 20.7 Å². The number of carbonyl (C=O) groups is 1. The molecule has 0 fully saturated rings. The molecular weight excluding hydrogens is 166 g/mol. The van der Waals surface area contributed by atoms with Crippen molar-refractivity contribution < 1.29 is 14.1 Å². The quantitative estimate of drug-likeness (QED) is 0.430. The SMILES string of the molecule is C[S+]([O-])C1=CC(N)CC(=O)O1. The van der Waals surface area contributed by atoms with E-state index in [2.05, 4.69) is 4.74 Å². The van der Waals surface area contributed by atoms with Crippen LogP contribution in [0, 0.1) is 0 Å².